The first-order valence-electron chi connectivity index (χ1n) is 10.4. The predicted molar refractivity (Wildman–Crippen MR) is 115 cm³/mol. The van der Waals surface area contributed by atoms with E-state index in [1.54, 1.807) is 0 Å². The molecule has 3 N–H and O–H groups in total. The van der Waals surface area contributed by atoms with E-state index in [-0.39, 0.29) is 17.8 Å². The van der Waals surface area contributed by atoms with Crippen molar-refractivity contribution in [3.05, 3.63) is 53.1 Å². The fourth-order valence-electron chi connectivity index (χ4n) is 3.97. The predicted octanol–water partition coefficient (Wildman–Crippen LogP) is 4.55. The van der Waals surface area contributed by atoms with Crippen LogP contribution in [0.25, 0.3) is 11.0 Å². The number of hydrogen-bond donors (Lipinski definition) is 3. The monoisotopic (exact) mass is 446 g/mol. The number of H-pyrrole nitrogens is 1. The van der Waals surface area contributed by atoms with E-state index in [1.165, 1.54) is 17.2 Å². The lowest BCUT2D eigenvalue weighted by atomic mass is 9.97. The number of likely N-dealkylation sites (tertiary alicyclic amines) is 1. The molecule has 0 unspecified atom stereocenters. The van der Waals surface area contributed by atoms with Crippen molar-refractivity contribution in [1.82, 2.24) is 25.2 Å². The normalized spacial score (nSPS) is 19.8. The van der Waals surface area contributed by atoms with E-state index in [1.807, 2.05) is 7.05 Å². The fraction of sp³-hybridized carbons (Fsp3) is 0.409. The SMILES string of the molecule is Cc1cc2nc([C@H]3C[C@H](NC(=O)Nc4ccc(C(F)(F)F)nc4)CCN3C)[nH]c2cc1C. The number of nitrogens with one attached hydrogen (secondary N) is 3. The second-order valence-electron chi connectivity index (χ2n) is 8.32. The lowest BCUT2D eigenvalue weighted by molar-refractivity contribution is -0.141. The third-order valence-electron chi connectivity index (χ3n) is 5.95. The molecule has 0 bridgehead atoms. The van der Waals surface area contributed by atoms with Gasteiger partial charge >= 0.3 is 12.2 Å². The molecule has 1 aliphatic heterocycles. The molecule has 0 saturated carbocycles. The van der Waals surface area contributed by atoms with Gasteiger partial charge < -0.3 is 15.6 Å². The third-order valence-corrected chi connectivity index (χ3v) is 5.95. The largest absolute Gasteiger partial charge is 0.433 e. The number of pyridine rings is 1. The molecule has 1 aliphatic rings. The molecule has 170 valence electrons. The molecule has 32 heavy (non-hydrogen) atoms. The summed E-state index contributed by atoms with van der Waals surface area (Å²) in [6.45, 7) is 4.89. The number of carbonyl (C=O) groups is 1. The molecule has 4 rings (SSSR count). The zero-order valence-electron chi connectivity index (χ0n) is 18.0. The molecule has 0 aliphatic carbocycles. The number of alkyl halides is 3. The molecule has 3 aromatic rings. The Labute approximate surface area is 183 Å². The number of aromatic nitrogens is 3. The van der Waals surface area contributed by atoms with Crippen LogP contribution in [0.3, 0.4) is 0 Å². The Morgan fingerprint density at radius 2 is 1.97 bits per heavy atom. The van der Waals surface area contributed by atoms with Crippen molar-refractivity contribution in [2.45, 2.75) is 44.9 Å². The number of nitrogens with zero attached hydrogens (tertiary/aromatic N) is 3. The molecule has 7 nitrogen and oxygen atoms in total. The van der Waals surface area contributed by atoms with Gasteiger partial charge in [0.05, 0.1) is 29.0 Å². The van der Waals surface area contributed by atoms with Crippen molar-refractivity contribution in [1.29, 1.82) is 0 Å². The van der Waals surface area contributed by atoms with E-state index >= 15 is 0 Å². The second-order valence-corrected chi connectivity index (χ2v) is 8.32. The molecule has 10 heteroatoms. The molecular weight excluding hydrogens is 421 g/mol. The van der Waals surface area contributed by atoms with E-state index in [9.17, 15) is 18.0 Å². The maximum atomic E-state index is 12.6. The van der Waals surface area contributed by atoms with Crippen molar-refractivity contribution >= 4 is 22.8 Å². The highest BCUT2D eigenvalue weighted by Gasteiger charge is 2.32. The van der Waals surface area contributed by atoms with E-state index < -0.39 is 17.9 Å². The number of anilines is 1. The Balaban J connectivity index is 1.41. The summed E-state index contributed by atoms with van der Waals surface area (Å²) in [5, 5.41) is 5.47. The number of aryl methyl sites for hydroxylation is 2. The zero-order valence-corrected chi connectivity index (χ0v) is 18.0. The summed E-state index contributed by atoms with van der Waals surface area (Å²) in [6.07, 6.45) is -2.10. The number of carbonyl (C=O) groups excluding carboxylic acids is 1. The number of aromatic amines is 1. The maximum Gasteiger partial charge on any atom is 0.433 e. The van der Waals surface area contributed by atoms with Gasteiger partial charge in [-0.2, -0.15) is 13.2 Å². The summed E-state index contributed by atoms with van der Waals surface area (Å²) >= 11 is 0. The highest BCUT2D eigenvalue weighted by atomic mass is 19.4. The van der Waals surface area contributed by atoms with Gasteiger partial charge in [-0.25, -0.2) is 14.8 Å². The van der Waals surface area contributed by atoms with E-state index in [4.69, 9.17) is 4.98 Å². The number of halogens is 3. The molecule has 0 radical (unpaired) electrons. The van der Waals surface area contributed by atoms with Gasteiger partial charge in [-0.3, -0.25) is 4.90 Å². The summed E-state index contributed by atoms with van der Waals surface area (Å²) in [5.41, 5.74) is 3.47. The molecule has 3 heterocycles. The van der Waals surface area contributed by atoms with Gasteiger partial charge in [0.2, 0.25) is 0 Å². The number of urea groups is 1. The summed E-state index contributed by atoms with van der Waals surface area (Å²) in [6, 6.07) is 5.61. The van der Waals surface area contributed by atoms with E-state index in [2.05, 4.69) is 51.5 Å². The molecule has 2 amide bonds. The van der Waals surface area contributed by atoms with Crippen LogP contribution in [-0.2, 0) is 6.18 Å². The number of amides is 2. The van der Waals surface area contributed by atoms with Gasteiger partial charge in [0.25, 0.3) is 0 Å². The highest BCUT2D eigenvalue weighted by Crippen LogP contribution is 2.30. The van der Waals surface area contributed by atoms with Crippen molar-refractivity contribution in [2.24, 2.45) is 0 Å². The maximum absolute atomic E-state index is 12.6. The molecule has 0 spiro atoms. The number of rotatable bonds is 3. The second kappa shape index (κ2) is 8.42. The number of fused-ring (bicyclic) bond motifs is 1. The Bertz CT molecular complexity index is 1090. The van der Waals surface area contributed by atoms with Crippen LogP contribution in [0, 0.1) is 13.8 Å². The summed E-state index contributed by atoms with van der Waals surface area (Å²) in [4.78, 5) is 26.1. The average Bonchev–Trinajstić information content (AvgIpc) is 3.12. The molecule has 2 atom stereocenters. The van der Waals surface area contributed by atoms with Gasteiger partial charge in [0.1, 0.15) is 11.5 Å². The smallest absolute Gasteiger partial charge is 0.341 e. The summed E-state index contributed by atoms with van der Waals surface area (Å²) in [7, 11) is 2.03. The van der Waals surface area contributed by atoms with Crippen LogP contribution in [0.1, 0.15) is 41.5 Å². The van der Waals surface area contributed by atoms with Crippen LogP contribution in [0.15, 0.2) is 30.5 Å². The molecule has 2 aromatic heterocycles. The average molecular weight is 446 g/mol. The van der Waals surface area contributed by atoms with Crippen LogP contribution >= 0.6 is 0 Å². The zero-order chi connectivity index (χ0) is 23.0. The first-order valence-corrected chi connectivity index (χ1v) is 10.4. The first-order chi connectivity index (χ1) is 15.1. The van der Waals surface area contributed by atoms with Gasteiger partial charge in [-0.05, 0) is 69.1 Å². The quantitative estimate of drug-likeness (QED) is 0.551. The molecule has 1 saturated heterocycles. The standard InChI is InChI=1S/C22H25F3N6O/c1-12-8-16-17(9-13(12)2)30-20(29-16)18-10-14(6-7-31(18)3)27-21(32)28-15-4-5-19(26-11-15)22(23,24)25/h4-5,8-9,11,14,18H,6-7,10H2,1-3H3,(H,29,30)(H2,27,28,32)/t14-,18-/m1/s1. The first kappa shape index (κ1) is 22.1. The molecule has 1 fully saturated rings. The number of imidazole rings is 1. The van der Waals surface area contributed by atoms with Gasteiger partial charge in [0, 0.05) is 12.6 Å². The van der Waals surface area contributed by atoms with Crippen LogP contribution in [-0.4, -0.2) is 45.5 Å². The summed E-state index contributed by atoms with van der Waals surface area (Å²) < 4.78 is 37.9. The van der Waals surface area contributed by atoms with Crippen molar-refractivity contribution in [3.8, 4) is 0 Å². The Kier molecular flexibility index (Phi) is 5.81. The Morgan fingerprint density at radius 1 is 1.22 bits per heavy atom. The molecular formula is C22H25F3N6O. The minimum Gasteiger partial charge on any atom is -0.341 e. The van der Waals surface area contributed by atoms with Crippen LogP contribution < -0.4 is 10.6 Å². The van der Waals surface area contributed by atoms with Gasteiger partial charge in [-0.15, -0.1) is 0 Å². The van der Waals surface area contributed by atoms with Crippen molar-refractivity contribution < 1.29 is 18.0 Å². The fourth-order valence-corrected chi connectivity index (χ4v) is 3.97. The Morgan fingerprint density at radius 3 is 2.66 bits per heavy atom. The van der Waals surface area contributed by atoms with Gasteiger partial charge in [-0.1, -0.05) is 0 Å². The lowest BCUT2D eigenvalue weighted by Gasteiger charge is -2.36. The highest BCUT2D eigenvalue weighted by molar-refractivity contribution is 5.89. The number of hydrogen-bond acceptors (Lipinski definition) is 4. The number of benzene rings is 1. The van der Waals surface area contributed by atoms with Crippen LogP contribution in [0.4, 0.5) is 23.7 Å². The topological polar surface area (TPSA) is 85.9 Å². The third kappa shape index (κ3) is 4.69. The lowest BCUT2D eigenvalue weighted by Crippen LogP contribution is -2.46. The number of piperidine rings is 1. The van der Waals surface area contributed by atoms with E-state index in [0.29, 0.717) is 6.42 Å². The van der Waals surface area contributed by atoms with Crippen molar-refractivity contribution in [3.63, 3.8) is 0 Å². The van der Waals surface area contributed by atoms with Crippen molar-refractivity contribution in [2.75, 3.05) is 18.9 Å². The summed E-state index contributed by atoms with van der Waals surface area (Å²) in [5.74, 6) is 0.853. The van der Waals surface area contributed by atoms with E-state index in [0.717, 1.165) is 42.1 Å². The van der Waals surface area contributed by atoms with Crippen LogP contribution in [0.2, 0.25) is 0 Å². The van der Waals surface area contributed by atoms with Gasteiger partial charge in [0.15, 0.2) is 0 Å². The molecule has 1 aromatic carbocycles. The van der Waals surface area contributed by atoms with Crippen LogP contribution in [0.5, 0.6) is 0 Å². The minimum absolute atomic E-state index is 0.00907. The Hall–Kier alpha value is -3.14. The minimum atomic E-state index is -4.52.